The highest BCUT2D eigenvalue weighted by molar-refractivity contribution is 6.35. The fourth-order valence-electron chi connectivity index (χ4n) is 4.04. The maximum atomic E-state index is 14.3. The average Bonchev–Trinajstić information content (AvgIpc) is 3.30. The first-order valence-corrected chi connectivity index (χ1v) is 10.9. The van der Waals surface area contributed by atoms with Crippen molar-refractivity contribution in [1.29, 1.82) is 0 Å². The molecule has 0 spiro atoms. The molecule has 1 aliphatic heterocycles. The van der Waals surface area contributed by atoms with Gasteiger partial charge in [0.25, 0.3) is 5.91 Å². The van der Waals surface area contributed by atoms with Crippen molar-refractivity contribution in [3.63, 3.8) is 0 Å². The zero-order valence-corrected chi connectivity index (χ0v) is 19.2. The van der Waals surface area contributed by atoms with E-state index in [2.05, 4.69) is 20.7 Å². The molecule has 1 aliphatic rings. The number of pyridine rings is 1. The van der Waals surface area contributed by atoms with Gasteiger partial charge in [-0.05, 0) is 37.3 Å². The second-order valence-corrected chi connectivity index (χ2v) is 8.30. The monoisotopic (exact) mass is 509 g/mol. The highest BCUT2D eigenvalue weighted by Gasteiger charge is 2.41. The number of benzene rings is 2. The highest BCUT2D eigenvalue weighted by Crippen LogP contribution is 2.36. The quantitative estimate of drug-likeness (QED) is 0.361. The number of hydrogen-bond donors (Lipinski definition) is 2. The minimum absolute atomic E-state index is 0.0414. The number of halogens is 4. The normalized spacial score (nSPS) is 12.8. The molecule has 0 saturated carbocycles. The summed E-state index contributed by atoms with van der Waals surface area (Å²) < 4.78 is 43.5. The lowest BCUT2D eigenvalue weighted by Gasteiger charge is -2.19. The molecule has 1 amide bonds. The molecule has 36 heavy (non-hydrogen) atoms. The number of anilines is 1. The van der Waals surface area contributed by atoms with Gasteiger partial charge >= 0.3 is 6.18 Å². The van der Waals surface area contributed by atoms with E-state index in [1.54, 1.807) is 43.2 Å². The zero-order chi connectivity index (χ0) is 25.6. The number of nitrogens with one attached hydrogen (secondary N) is 2. The molecule has 3 heterocycles. The third-order valence-corrected chi connectivity index (χ3v) is 6.02. The van der Waals surface area contributed by atoms with Crippen molar-refractivity contribution in [2.75, 3.05) is 5.32 Å². The first kappa shape index (κ1) is 23.3. The van der Waals surface area contributed by atoms with Gasteiger partial charge in [0.1, 0.15) is 5.70 Å². The van der Waals surface area contributed by atoms with Crippen LogP contribution in [0.4, 0.5) is 18.9 Å². The summed E-state index contributed by atoms with van der Waals surface area (Å²) in [5, 5.41) is 10.0. The highest BCUT2D eigenvalue weighted by atomic mass is 35.5. The number of aromatic nitrogens is 3. The second-order valence-electron chi connectivity index (χ2n) is 7.89. The Morgan fingerprint density at radius 3 is 2.72 bits per heavy atom. The third-order valence-electron chi connectivity index (χ3n) is 5.69. The van der Waals surface area contributed by atoms with Crippen LogP contribution in [0.15, 0.2) is 54.9 Å². The number of hydrogen-bond acceptors (Lipinski definition) is 5. The van der Waals surface area contributed by atoms with E-state index < -0.39 is 23.3 Å². The summed E-state index contributed by atoms with van der Waals surface area (Å²) in [4.78, 5) is 28.7. The van der Waals surface area contributed by atoms with Crippen LogP contribution in [-0.2, 0) is 11.0 Å². The molecule has 0 radical (unpaired) electrons. The number of amides is 1. The van der Waals surface area contributed by atoms with Crippen molar-refractivity contribution in [1.82, 2.24) is 20.1 Å². The predicted octanol–water partition coefficient (Wildman–Crippen LogP) is 5.40. The van der Waals surface area contributed by atoms with Gasteiger partial charge in [-0.3, -0.25) is 9.78 Å². The van der Waals surface area contributed by atoms with Gasteiger partial charge < -0.3 is 10.6 Å². The summed E-state index contributed by atoms with van der Waals surface area (Å²) >= 11 is 6.22. The largest absolute Gasteiger partial charge is 0.434 e. The minimum Gasteiger partial charge on any atom is -0.352 e. The molecule has 2 N–H and O–H groups in total. The molecule has 0 atom stereocenters. The van der Waals surface area contributed by atoms with Crippen molar-refractivity contribution in [2.24, 2.45) is 0 Å². The molecule has 7 nitrogen and oxygen atoms in total. The molecule has 2 aromatic carbocycles. The van der Waals surface area contributed by atoms with Crippen LogP contribution in [0.25, 0.3) is 28.4 Å². The van der Waals surface area contributed by atoms with Gasteiger partial charge in [0.2, 0.25) is 0 Å². The molecule has 0 saturated heterocycles. The van der Waals surface area contributed by atoms with Crippen LogP contribution >= 0.6 is 11.6 Å². The molecule has 11 heteroatoms. The molecule has 0 unspecified atom stereocenters. The van der Waals surface area contributed by atoms with E-state index in [4.69, 9.17) is 11.6 Å². The number of aryl methyl sites for hydroxylation is 1. The Morgan fingerprint density at radius 1 is 1.19 bits per heavy atom. The molecule has 2 aromatic heterocycles. The van der Waals surface area contributed by atoms with Crippen LogP contribution in [0, 0.1) is 6.92 Å². The van der Waals surface area contributed by atoms with E-state index in [0.717, 1.165) is 6.20 Å². The maximum Gasteiger partial charge on any atom is 0.434 e. The van der Waals surface area contributed by atoms with Gasteiger partial charge in [-0.2, -0.15) is 18.3 Å². The first-order valence-electron chi connectivity index (χ1n) is 10.5. The van der Waals surface area contributed by atoms with Gasteiger partial charge in [0, 0.05) is 22.7 Å². The van der Waals surface area contributed by atoms with Crippen LogP contribution in [0.2, 0.25) is 5.02 Å². The number of carbonyl (C=O) groups excluding carboxylic acids is 2. The summed E-state index contributed by atoms with van der Waals surface area (Å²) in [7, 11) is 0. The summed E-state index contributed by atoms with van der Waals surface area (Å²) in [6, 6.07) is 11.1. The van der Waals surface area contributed by atoms with E-state index in [-0.39, 0.29) is 17.1 Å². The van der Waals surface area contributed by atoms with Crippen LogP contribution in [0.3, 0.4) is 0 Å². The van der Waals surface area contributed by atoms with E-state index in [0.29, 0.717) is 37.4 Å². The fraction of sp³-hybridized carbons (Fsp3) is 0.0800. The van der Waals surface area contributed by atoms with Gasteiger partial charge in [-0.25, -0.2) is 9.48 Å². The summed E-state index contributed by atoms with van der Waals surface area (Å²) in [6.07, 6.45) is -1.14. The van der Waals surface area contributed by atoms with E-state index >= 15 is 0 Å². The summed E-state index contributed by atoms with van der Waals surface area (Å²) in [5.41, 5.74) is 0.0564. The van der Waals surface area contributed by atoms with Gasteiger partial charge in [-0.1, -0.05) is 29.8 Å². The Morgan fingerprint density at radius 2 is 1.97 bits per heavy atom. The number of fused-ring (bicyclic) bond motifs is 2. The van der Waals surface area contributed by atoms with Crippen molar-refractivity contribution in [2.45, 2.75) is 13.1 Å². The lowest BCUT2D eigenvalue weighted by atomic mass is 10.0. The predicted molar refractivity (Wildman–Crippen MR) is 129 cm³/mol. The van der Waals surface area contributed by atoms with Crippen LogP contribution < -0.4 is 10.6 Å². The van der Waals surface area contributed by atoms with Crippen molar-refractivity contribution in [3.05, 3.63) is 88.0 Å². The number of carbonyl (C=O) groups is 1. The number of rotatable bonds is 3. The van der Waals surface area contributed by atoms with Crippen molar-refractivity contribution in [3.8, 4) is 5.69 Å². The Hall–Kier alpha value is -4.40. The summed E-state index contributed by atoms with van der Waals surface area (Å²) in [6.45, 7) is 1.62. The molecule has 0 aliphatic carbocycles. The Bertz CT molecular complexity index is 1630. The average molecular weight is 510 g/mol. The smallest absolute Gasteiger partial charge is 0.352 e. The number of alkyl halides is 3. The lowest BCUT2D eigenvalue weighted by Crippen LogP contribution is -2.22. The molecule has 0 fully saturated rings. The van der Waals surface area contributed by atoms with E-state index in [1.807, 2.05) is 0 Å². The van der Waals surface area contributed by atoms with Crippen LogP contribution in [0.1, 0.15) is 32.9 Å². The minimum atomic E-state index is -4.92. The SMILES string of the molecule is Cc1nc2cccc(Cl)c2cc1NC(=O)c1cnn(-c2cccc3c2C=CNC3=C=O)c1C(F)(F)F. The first-order chi connectivity index (χ1) is 17.2. The molecule has 4 aromatic rings. The van der Waals surface area contributed by atoms with Crippen molar-refractivity contribution >= 4 is 51.8 Å². The van der Waals surface area contributed by atoms with Gasteiger partial charge in [0.05, 0.1) is 39.4 Å². The topological polar surface area (TPSA) is 88.9 Å². The van der Waals surface area contributed by atoms with Gasteiger partial charge in [0.15, 0.2) is 11.6 Å². The standard InChI is InChI=1S/C25H15ClF3N5O2/c1-13-20(10-16-18(26)5-3-6-19(16)32-13)33-24(36)17-11-31-34(23(17)25(27,28)29)22-7-2-4-14-15(22)8-9-30-21(14)12-35/h2-11,30H,1H3,(H,33,36). The Labute approximate surface area is 206 Å². The molecule has 0 bridgehead atoms. The molecule has 180 valence electrons. The third kappa shape index (κ3) is 3.92. The van der Waals surface area contributed by atoms with Crippen LogP contribution in [0.5, 0.6) is 0 Å². The lowest BCUT2D eigenvalue weighted by molar-refractivity contribution is -0.143. The van der Waals surface area contributed by atoms with E-state index in [9.17, 15) is 22.8 Å². The van der Waals surface area contributed by atoms with Crippen molar-refractivity contribution < 1.29 is 22.8 Å². The zero-order valence-electron chi connectivity index (χ0n) is 18.4. The Balaban J connectivity index is 1.61. The maximum absolute atomic E-state index is 14.3. The van der Waals surface area contributed by atoms with Crippen LogP contribution in [-0.4, -0.2) is 26.6 Å². The van der Waals surface area contributed by atoms with Gasteiger partial charge in [-0.15, -0.1) is 0 Å². The van der Waals surface area contributed by atoms with E-state index in [1.165, 1.54) is 24.4 Å². The molecule has 5 rings (SSSR count). The second kappa shape index (κ2) is 8.67. The fourth-order valence-corrected chi connectivity index (χ4v) is 4.27. The number of nitrogens with zero attached hydrogens (tertiary/aromatic N) is 3. The molecular weight excluding hydrogens is 495 g/mol. The Kier molecular flexibility index (Phi) is 5.62. The molecular formula is C25H15ClF3N5O2. The summed E-state index contributed by atoms with van der Waals surface area (Å²) in [5.74, 6) is 0.716.